The van der Waals surface area contributed by atoms with Gasteiger partial charge in [0.25, 0.3) is 0 Å². The second kappa shape index (κ2) is 12.3. The van der Waals surface area contributed by atoms with E-state index >= 15 is 0 Å². The summed E-state index contributed by atoms with van der Waals surface area (Å²) in [6, 6.07) is 22.7. The van der Waals surface area contributed by atoms with Gasteiger partial charge in [-0.3, -0.25) is 14.4 Å². The minimum Gasteiger partial charge on any atom is -0.465 e. The Morgan fingerprint density at radius 1 is 0.895 bits per heavy atom. The second-order valence-electron chi connectivity index (χ2n) is 8.44. The number of rotatable bonds is 8. The van der Waals surface area contributed by atoms with Crippen LogP contribution in [0.2, 0.25) is 5.02 Å². The van der Waals surface area contributed by atoms with Crippen molar-refractivity contribution in [3.63, 3.8) is 0 Å². The van der Waals surface area contributed by atoms with Crippen LogP contribution < -0.4 is 0 Å². The highest BCUT2D eigenvalue weighted by molar-refractivity contribution is 9.10. The molecule has 0 N–H and O–H groups in total. The highest BCUT2D eigenvalue weighted by Gasteiger charge is 2.68. The standard InChI is InChI=1S/C29H25BrClNO5S/c1-3-36-27(34)29(28(35)37-4-2)23(24(33)18-8-6-5-7-9-18)25(19-10-14-21(31)15-11-19)38-26(29)32-22-16-12-20(30)13-17-22/h5-17,23,25H,3-4H2,1-2H3/t23-,25-/m1/s1. The smallest absolute Gasteiger partial charge is 0.331 e. The first kappa shape index (κ1) is 28.1. The maximum atomic E-state index is 14.3. The lowest BCUT2D eigenvalue weighted by molar-refractivity contribution is -0.168. The summed E-state index contributed by atoms with van der Waals surface area (Å²) in [7, 11) is 0. The van der Waals surface area contributed by atoms with Crippen LogP contribution in [-0.4, -0.2) is 36.0 Å². The van der Waals surface area contributed by atoms with Gasteiger partial charge >= 0.3 is 11.9 Å². The van der Waals surface area contributed by atoms with Gasteiger partial charge in [-0.15, -0.1) is 0 Å². The van der Waals surface area contributed by atoms with Crippen molar-refractivity contribution >= 4 is 67.7 Å². The van der Waals surface area contributed by atoms with Crippen LogP contribution in [0.5, 0.6) is 0 Å². The average Bonchev–Trinajstić information content (AvgIpc) is 3.26. The van der Waals surface area contributed by atoms with Gasteiger partial charge in [0, 0.05) is 20.3 Å². The van der Waals surface area contributed by atoms with E-state index < -0.39 is 28.5 Å². The molecule has 1 fully saturated rings. The van der Waals surface area contributed by atoms with Gasteiger partial charge in [-0.25, -0.2) is 4.99 Å². The van der Waals surface area contributed by atoms with E-state index in [4.69, 9.17) is 26.1 Å². The van der Waals surface area contributed by atoms with Crippen LogP contribution in [0.25, 0.3) is 0 Å². The number of thioether (sulfide) groups is 1. The summed E-state index contributed by atoms with van der Waals surface area (Å²) in [4.78, 5) is 46.8. The number of benzene rings is 3. The number of hydrogen-bond donors (Lipinski definition) is 0. The van der Waals surface area contributed by atoms with Crippen LogP contribution in [0.15, 0.2) is 88.3 Å². The van der Waals surface area contributed by atoms with Crippen molar-refractivity contribution in [2.75, 3.05) is 13.2 Å². The van der Waals surface area contributed by atoms with Crippen molar-refractivity contribution in [2.45, 2.75) is 19.1 Å². The molecule has 1 aliphatic heterocycles. The molecule has 196 valence electrons. The average molecular weight is 615 g/mol. The number of Topliss-reactive ketones (excluding diaryl/α,β-unsaturated/α-hetero) is 1. The first-order valence-electron chi connectivity index (χ1n) is 12.0. The molecule has 0 aliphatic carbocycles. The van der Waals surface area contributed by atoms with E-state index in [0.717, 1.165) is 4.47 Å². The second-order valence-corrected chi connectivity index (χ2v) is 10.9. The molecule has 0 bridgehead atoms. The largest absolute Gasteiger partial charge is 0.465 e. The maximum Gasteiger partial charge on any atom is 0.331 e. The van der Waals surface area contributed by atoms with Crippen LogP contribution in [0.1, 0.15) is 35.0 Å². The lowest BCUT2D eigenvalue weighted by Crippen LogP contribution is -2.52. The monoisotopic (exact) mass is 613 g/mol. The first-order valence-corrected chi connectivity index (χ1v) is 14.1. The topological polar surface area (TPSA) is 82.0 Å². The molecular formula is C29H25BrClNO5S. The van der Waals surface area contributed by atoms with Crippen molar-refractivity contribution in [3.05, 3.63) is 99.5 Å². The van der Waals surface area contributed by atoms with Crippen LogP contribution in [0.3, 0.4) is 0 Å². The molecule has 4 rings (SSSR count). The van der Waals surface area contributed by atoms with E-state index in [1.54, 1.807) is 92.7 Å². The zero-order chi connectivity index (χ0) is 27.3. The Kier molecular flexibility index (Phi) is 9.07. The Hall–Kier alpha value is -2.94. The summed E-state index contributed by atoms with van der Waals surface area (Å²) >= 11 is 10.8. The summed E-state index contributed by atoms with van der Waals surface area (Å²) in [5.41, 5.74) is -0.523. The zero-order valence-corrected chi connectivity index (χ0v) is 23.9. The van der Waals surface area contributed by atoms with Gasteiger partial charge in [0.05, 0.1) is 24.8 Å². The Bertz CT molecular complexity index is 1330. The fourth-order valence-corrected chi connectivity index (χ4v) is 6.45. The molecule has 0 amide bonds. The van der Waals surface area contributed by atoms with Gasteiger partial charge in [-0.1, -0.05) is 81.8 Å². The highest BCUT2D eigenvalue weighted by atomic mass is 79.9. The van der Waals surface area contributed by atoms with E-state index in [-0.39, 0.29) is 24.0 Å². The molecule has 3 aromatic carbocycles. The van der Waals surface area contributed by atoms with Crippen LogP contribution in [-0.2, 0) is 19.1 Å². The lowest BCUT2D eigenvalue weighted by Gasteiger charge is -2.31. The van der Waals surface area contributed by atoms with Crippen molar-refractivity contribution in [1.29, 1.82) is 0 Å². The van der Waals surface area contributed by atoms with Gasteiger partial charge in [0.1, 0.15) is 5.04 Å². The number of carbonyl (C=O) groups is 3. The number of aliphatic imine (C=N–C) groups is 1. The van der Waals surface area contributed by atoms with Crippen molar-refractivity contribution in [2.24, 2.45) is 16.3 Å². The fourth-order valence-electron chi connectivity index (χ4n) is 4.42. The number of carbonyl (C=O) groups excluding carboxylic acids is 3. The quantitative estimate of drug-likeness (QED) is 0.151. The van der Waals surface area contributed by atoms with E-state index in [1.807, 2.05) is 0 Å². The molecule has 0 aromatic heterocycles. The normalized spacial score (nSPS) is 19.2. The number of ether oxygens (including phenoxy) is 2. The van der Waals surface area contributed by atoms with Crippen molar-refractivity contribution in [3.8, 4) is 0 Å². The third kappa shape index (κ3) is 5.44. The van der Waals surface area contributed by atoms with Crippen molar-refractivity contribution < 1.29 is 23.9 Å². The molecule has 9 heteroatoms. The van der Waals surface area contributed by atoms with Crippen LogP contribution in [0, 0.1) is 11.3 Å². The molecular weight excluding hydrogens is 590 g/mol. The first-order chi connectivity index (χ1) is 18.3. The number of esters is 2. The third-order valence-corrected chi connectivity index (χ3v) is 8.35. The van der Waals surface area contributed by atoms with Crippen molar-refractivity contribution in [1.82, 2.24) is 0 Å². The number of hydrogen-bond acceptors (Lipinski definition) is 7. The van der Waals surface area contributed by atoms with E-state index in [2.05, 4.69) is 15.9 Å². The molecule has 1 saturated heterocycles. The minimum atomic E-state index is -2.11. The molecule has 6 nitrogen and oxygen atoms in total. The maximum absolute atomic E-state index is 14.3. The molecule has 0 spiro atoms. The van der Waals surface area contributed by atoms with Gasteiger partial charge < -0.3 is 9.47 Å². The number of halogens is 2. The predicted octanol–water partition coefficient (Wildman–Crippen LogP) is 7.23. The van der Waals surface area contributed by atoms with Gasteiger partial charge in [-0.05, 0) is 55.8 Å². The molecule has 1 aliphatic rings. The molecule has 3 aromatic rings. The number of ketones is 1. The fraction of sp³-hybridized carbons (Fsp3) is 0.241. The Morgan fingerprint density at radius 2 is 1.47 bits per heavy atom. The summed E-state index contributed by atoms with van der Waals surface area (Å²) < 4.78 is 11.8. The zero-order valence-electron chi connectivity index (χ0n) is 20.7. The molecule has 2 atom stereocenters. The highest BCUT2D eigenvalue weighted by Crippen LogP contribution is 2.59. The minimum absolute atomic E-state index is 0.00801. The van der Waals surface area contributed by atoms with Gasteiger partial charge in [-0.2, -0.15) is 0 Å². The predicted molar refractivity (Wildman–Crippen MR) is 153 cm³/mol. The summed E-state index contributed by atoms with van der Waals surface area (Å²) in [5.74, 6) is -3.32. The van der Waals surface area contributed by atoms with Crippen LogP contribution >= 0.6 is 39.3 Å². The molecule has 38 heavy (non-hydrogen) atoms. The number of nitrogens with zero attached hydrogens (tertiary/aromatic N) is 1. The molecule has 0 saturated carbocycles. The Labute approximate surface area is 238 Å². The molecule has 0 unspecified atom stereocenters. The Balaban J connectivity index is 2.02. The molecule has 0 radical (unpaired) electrons. The SMILES string of the molecule is CCOC(=O)C1(C(=O)OCC)C(=Nc2ccc(Br)cc2)S[C@H](c2ccc(Cl)cc2)[C@H]1C(=O)c1ccccc1. The summed E-state index contributed by atoms with van der Waals surface area (Å²) in [5, 5.41) is 0.0161. The summed E-state index contributed by atoms with van der Waals surface area (Å²) in [6.07, 6.45) is 0. The molecule has 1 heterocycles. The Morgan fingerprint density at radius 3 is 2.03 bits per heavy atom. The van der Waals surface area contributed by atoms with Gasteiger partial charge in [0.15, 0.2) is 5.78 Å². The van der Waals surface area contributed by atoms with Crippen LogP contribution in [0.4, 0.5) is 5.69 Å². The van der Waals surface area contributed by atoms with E-state index in [1.165, 1.54) is 11.8 Å². The van der Waals surface area contributed by atoms with E-state index in [9.17, 15) is 14.4 Å². The third-order valence-electron chi connectivity index (χ3n) is 6.14. The van der Waals surface area contributed by atoms with Gasteiger partial charge in [0.2, 0.25) is 5.41 Å². The summed E-state index contributed by atoms with van der Waals surface area (Å²) in [6.45, 7) is 3.31. The van der Waals surface area contributed by atoms with E-state index in [0.29, 0.717) is 21.8 Å². The lowest BCUT2D eigenvalue weighted by atomic mass is 9.69.